The van der Waals surface area contributed by atoms with Gasteiger partial charge in [0.1, 0.15) is 19.8 Å². The molecule has 0 saturated heterocycles. The van der Waals surface area contributed by atoms with E-state index in [0.717, 1.165) is 64.2 Å². The topological polar surface area (TPSA) is 131 Å². The summed E-state index contributed by atoms with van der Waals surface area (Å²) in [6.45, 7) is 3.88. The molecule has 0 aliphatic rings. The SMILES string of the molecule is CC/C=C\CC(O)/C=C/C=C/C/C=C\C/C=C\C/C=C\CCC(=O)OC[C@H](COP(=O)([O-])OCC[N+](C)(C)C)OC(=O)CCCCCCC/C=C\CCCCCCCC. The number of unbranched alkanes of at least 4 members (excludes halogenated alkanes) is 11. The van der Waals surface area contributed by atoms with Crippen LogP contribution in [0.2, 0.25) is 0 Å². The standard InChI is InChI=1S/C48H82NO9P/c1-6-8-10-11-12-13-14-15-16-19-23-26-29-32-36-40-48(52)58-46(44-57-59(53,54)56-42-41-49(3,4)5)43-55-47(51)39-35-31-28-25-22-20-17-18-21-24-27-30-34-38-45(50)37-33-9-7-2/h9,15-16,18,20-22,27-28,30-31,33-34,38,45-46,50H,6-8,10-14,17,19,23-26,29,32,35-37,39-44H2,1-5H3/b16-15-,21-18-,22-20-,30-27+,31-28-,33-9-,38-34+/t45?,46-/m1/s1. The second kappa shape index (κ2) is 39.3. The third kappa shape index (κ3) is 43.1. The molecule has 3 atom stereocenters. The van der Waals surface area contributed by atoms with Crippen LogP contribution in [0.3, 0.4) is 0 Å². The van der Waals surface area contributed by atoms with E-state index in [9.17, 15) is 24.2 Å². The van der Waals surface area contributed by atoms with Crippen LogP contribution in [0.1, 0.15) is 149 Å². The summed E-state index contributed by atoms with van der Waals surface area (Å²) in [5.74, 6) is -0.971. The molecule has 2 unspecified atom stereocenters. The quantitative estimate of drug-likeness (QED) is 0.0160. The molecule has 0 saturated carbocycles. The number of allylic oxidation sites excluding steroid dienone is 12. The molecule has 0 aliphatic heterocycles. The smallest absolute Gasteiger partial charge is 0.306 e. The van der Waals surface area contributed by atoms with Gasteiger partial charge in [0.25, 0.3) is 7.82 Å². The summed E-state index contributed by atoms with van der Waals surface area (Å²) in [7, 11) is 1.08. The van der Waals surface area contributed by atoms with E-state index in [1.165, 1.54) is 38.5 Å². The number of hydrogen-bond donors (Lipinski definition) is 1. The predicted molar refractivity (Wildman–Crippen MR) is 242 cm³/mol. The summed E-state index contributed by atoms with van der Waals surface area (Å²) in [5, 5.41) is 9.84. The van der Waals surface area contributed by atoms with Crippen LogP contribution < -0.4 is 4.89 Å². The van der Waals surface area contributed by atoms with Gasteiger partial charge in [0.15, 0.2) is 6.10 Å². The molecular weight excluding hydrogens is 765 g/mol. The first-order chi connectivity index (χ1) is 28.4. The summed E-state index contributed by atoms with van der Waals surface area (Å²) in [4.78, 5) is 37.5. The molecule has 11 heteroatoms. The van der Waals surface area contributed by atoms with Gasteiger partial charge < -0.3 is 33.0 Å². The first kappa shape index (κ1) is 56.1. The number of carbonyl (C=O) groups excluding carboxylic acids is 2. The average molecular weight is 848 g/mol. The fourth-order valence-corrected chi connectivity index (χ4v) is 6.19. The first-order valence-corrected chi connectivity index (χ1v) is 23.9. The highest BCUT2D eigenvalue weighted by molar-refractivity contribution is 7.45. The zero-order chi connectivity index (χ0) is 43.7. The van der Waals surface area contributed by atoms with Gasteiger partial charge >= 0.3 is 11.9 Å². The van der Waals surface area contributed by atoms with Gasteiger partial charge in [-0.25, -0.2) is 0 Å². The number of quaternary nitrogens is 1. The zero-order valence-electron chi connectivity index (χ0n) is 37.5. The Hall–Kier alpha value is -2.85. The summed E-state index contributed by atoms with van der Waals surface area (Å²) >= 11 is 0. The molecule has 338 valence electrons. The third-order valence-electron chi connectivity index (χ3n) is 8.99. The minimum atomic E-state index is -4.66. The van der Waals surface area contributed by atoms with Crippen molar-refractivity contribution in [1.29, 1.82) is 0 Å². The van der Waals surface area contributed by atoms with Crippen molar-refractivity contribution in [3.8, 4) is 0 Å². The van der Waals surface area contributed by atoms with Crippen molar-refractivity contribution in [2.24, 2.45) is 0 Å². The average Bonchev–Trinajstić information content (AvgIpc) is 3.18. The molecule has 0 rings (SSSR count). The minimum absolute atomic E-state index is 0.0544. The van der Waals surface area contributed by atoms with E-state index in [1.54, 1.807) is 6.08 Å². The van der Waals surface area contributed by atoms with Gasteiger partial charge in [0.05, 0.1) is 33.9 Å². The van der Waals surface area contributed by atoms with Crippen molar-refractivity contribution in [1.82, 2.24) is 0 Å². The third-order valence-corrected chi connectivity index (χ3v) is 9.96. The van der Waals surface area contributed by atoms with Crippen molar-refractivity contribution < 1.29 is 47.2 Å². The van der Waals surface area contributed by atoms with Gasteiger partial charge in [-0.2, -0.15) is 0 Å². The lowest BCUT2D eigenvalue weighted by Crippen LogP contribution is -2.37. The number of esters is 2. The molecule has 0 heterocycles. The van der Waals surface area contributed by atoms with Gasteiger partial charge in [0.2, 0.25) is 0 Å². The lowest BCUT2D eigenvalue weighted by molar-refractivity contribution is -0.870. The molecule has 59 heavy (non-hydrogen) atoms. The second-order valence-corrected chi connectivity index (χ2v) is 17.3. The van der Waals surface area contributed by atoms with Crippen LogP contribution in [0.25, 0.3) is 0 Å². The van der Waals surface area contributed by atoms with Crippen LogP contribution in [0.4, 0.5) is 0 Å². The number of ether oxygens (including phenoxy) is 2. The van der Waals surface area contributed by atoms with E-state index in [0.29, 0.717) is 30.3 Å². The van der Waals surface area contributed by atoms with Crippen LogP contribution in [-0.2, 0) is 32.7 Å². The Bertz CT molecular complexity index is 1300. The molecule has 0 spiro atoms. The van der Waals surface area contributed by atoms with Gasteiger partial charge in [-0.1, -0.05) is 150 Å². The maximum atomic E-state index is 12.7. The van der Waals surface area contributed by atoms with E-state index < -0.39 is 38.6 Å². The molecule has 0 aromatic heterocycles. The Morgan fingerprint density at radius 2 is 1.22 bits per heavy atom. The Morgan fingerprint density at radius 1 is 0.644 bits per heavy atom. The fraction of sp³-hybridized carbons (Fsp3) is 0.667. The summed E-state index contributed by atoms with van der Waals surface area (Å²) < 4.78 is 33.8. The van der Waals surface area contributed by atoms with Gasteiger partial charge in [0, 0.05) is 12.8 Å². The molecule has 0 aromatic rings. The molecule has 0 fully saturated rings. The van der Waals surface area contributed by atoms with Crippen molar-refractivity contribution in [3.63, 3.8) is 0 Å². The number of phosphoric ester groups is 1. The number of rotatable bonds is 39. The lowest BCUT2D eigenvalue weighted by Gasteiger charge is -2.28. The second-order valence-electron chi connectivity index (χ2n) is 15.9. The largest absolute Gasteiger partial charge is 0.756 e. The summed E-state index contributed by atoms with van der Waals surface area (Å²) in [6.07, 6.45) is 46.7. The Balaban J connectivity index is 4.53. The Kier molecular flexibility index (Phi) is 37.4. The fourth-order valence-electron chi connectivity index (χ4n) is 5.46. The number of nitrogens with zero attached hydrogens (tertiary/aromatic N) is 1. The van der Waals surface area contributed by atoms with Crippen LogP contribution in [0.15, 0.2) is 85.1 Å². The molecule has 0 radical (unpaired) electrons. The molecule has 0 aliphatic carbocycles. The van der Waals surface area contributed by atoms with Crippen molar-refractivity contribution in [2.45, 2.75) is 161 Å². The number of aliphatic hydroxyl groups excluding tert-OH is 1. The summed E-state index contributed by atoms with van der Waals surface area (Å²) in [5.41, 5.74) is 0. The van der Waals surface area contributed by atoms with E-state index >= 15 is 0 Å². The molecule has 1 N–H and O–H groups in total. The van der Waals surface area contributed by atoms with Gasteiger partial charge in [-0.05, 0) is 70.6 Å². The highest BCUT2D eigenvalue weighted by Crippen LogP contribution is 2.38. The van der Waals surface area contributed by atoms with Crippen LogP contribution in [-0.4, -0.2) is 81.2 Å². The highest BCUT2D eigenvalue weighted by Gasteiger charge is 2.21. The zero-order valence-corrected chi connectivity index (χ0v) is 38.4. The Labute approximate surface area is 359 Å². The van der Waals surface area contributed by atoms with Crippen molar-refractivity contribution >= 4 is 19.8 Å². The van der Waals surface area contributed by atoms with E-state index in [2.05, 4.69) is 50.3 Å². The predicted octanol–water partition coefficient (Wildman–Crippen LogP) is 11.1. The number of phosphoric acid groups is 1. The molecule has 0 bridgehead atoms. The van der Waals surface area contributed by atoms with Gasteiger partial charge in [-0.15, -0.1) is 0 Å². The van der Waals surface area contributed by atoms with E-state index in [1.807, 2.05) is 63.7 Å². The van der Waals surface area contributed by atoms with Crippen LogP contribution >= 0.6 is 7.82 Å². The van der Waals surface area contributed by atoms with Crippen molar-refractivity contribution in [2.75, 3.05) is 47.5 Å². The Morgan fingerprint density at radius 3 is 1.85 bits per heavy atom. The number of hydrogen-bond acceptors (Lipinski definition) is 9. The lowest BCUT2D eigenvalue weighted by atomic mass is 10.1. The minimum Gasteiger partial charge on any atom is -0.756 e. The van der Waals surface area contributed by atoms with E-state index in [4.69, 9.17) is 18.5 Å². The highest BCUT2D eigenvalue weighted by atomic mass is 31.2. The molecular formula is C48H82NO9P. The maximum absolute atomic E-state index is 12.7. The number of likely N-dealkylation sites (N-methyl/N-ethyl adjacent to an activating group) is 1. The number of carbonyl (C=O) groups is 2. The van der Waals surface area contributed by atoms with Crippen LogP contribution in [0.5, 0.6) is 0 Å². The molecule has 10 nitrogen and oxygen atoms in total. The van der Waals surface area contributed by atoms with Crippen LogP contribution in [0, 0.1) is 0 Å². The maximum Gasteiger partial charge on any atom is 0.306 e. The first-order valence-electron chi connectivity index (χ1n) is 22.4. The normalized spacial score (nSPS) is 14.9. The van der Waals surface area contributed by atoms with Crippen molar-refractivity contribution in [3.05, 3.63) is 85.1 Å². The number of aliphatic hydroxyl groups is 1. The van der Waals surface area contributed by atoms with Gasteiger partial charge in [-0.3, -0.25) is 14.2 Å². The monoisotopic (exact) mass is 848 g/mol. The molecule has 0 aromatic carbocycles. The summed E-state index contributed by atoms with van der Waals surface area (Å²) in [6, 6.07) is 0. The molecule has 0 amide bonds. The van der Waals surface area contributed by atoms with E-state index in [-0.39, 0.29) is 26.1 Å².